The molecule has 2 fully saturated rings. The Labute approximate surface area is 205 Å². The molecule has 2 saturated heterocycles. The predicted octanol–water partition coefficient (Wildman–Crippen LogP) is 5.18. The highest BCUT2D eigenvalue weighted by atomic mass is 35.5. The molecule has 0 bridgehead atoms. The van der Waals surface area contributed by atoms with Crippen molar-refractivity contribution in [1.29, 1.82) is 0 Å². The molecule has 2 atom stereocenters. The monoisotopic (exact) mass is 509 g/mol. The molecule has 2 aromatic rings. The van der Waals surface area contributed by atoms with E-state index in [-0.39, 0.29) is 42.8 Å². The maximum absolute atomic E-state index is 14.2. The fourth-order valence-electron chi connectivity index (χ4n) is 3.95. The van der Waals surface area contributed by atoms with Crippen LogP contribution in [0.5, 0.6) is 5.75 Å². The Hall–Kier alpha value is -2.26. The molecule has 1 N–H and O–H groups in total. The van der Waals surface area contributed by atoms with Crippen LogP contribution in [0.15, 0.2) is 29.3 Å². The van der Waals surface area contributed by atoms with E-state index in [0.29, 0.717) is 28.6 Å². The number of hydrogen-bond acceptors (Lipinski definition) is 6. The van der Waals surface area contributed by atoms with E-state index in [1.165, 1.54) is 16.2 Å². The van der Waals surface area contributed by atoms with E-state index < -0.39 is 12.3 Å². The molecule has 10 heteroatoms. The number of amides is 2. The van der Waals surface area contributed by atoms with Crippen molar-refractivity contribution in [2.24, 2.45) is 4.99 Å². The summed E-state index contributed by atoms with van der Waals surface area (Å²) in [5.41, 5.74) is 1.92. The van der Waals surface area contributed by atoms with Gasteiger partial charge in [-0.15, -0.1) is 11.3 Å². The van der Waals surface area contributed by atoms with E-state index in [2.05, 4.69) is 17.0 Å². The van der Waals surface area contributed by atoms with Crippen LogP contribution in [0.4, 0.5) is 10.1 Å². The molecule has 33 heavy (non-hydrogen) atoms. The molecule has 4 rings (SSSR count). The first kappa shape index (κ1) is 23.9. The minimum Gasteiger partial charge on any atom is -0.484 e. The van der Waals surface area contributed by atoms with Gasteiger partial charge in [0, 0.05) is 47.0 Å². The van der Waals surface area contributed by atoms with Crippen LogP contribution >= 0.6 is 34.5 Å². The molecule has 2 amide bonds. The van der Waals surface area contributed by atoms with Gasteiger partial charge >= 0.3 is 0 Å². The minimum atomic E-state index is -1.16. The van der Waals surface area contributed by atoms with Crippen LogP contribution in [-0.2, 0) is 16.1 Å². The fraction of sp³-hybridized carbons (Fsp3) is 0.348. The number of thiophene rings is 1. The first-order valence-electron chi connectivity index (χ1n) is 10.4. The number of benzene rings is 1. The number of hydrogen-bond donors (Lipinski definition) is 1. The molecule has 174 valence electrons. The van der Waals surface area contributed by atoms with Crippen molar-refractivity contribution in [2.45, 2.75) is 38.6 Å². The highest BCUT2D eigenvalue weighted by Gasteiger charge is 2.32. The minimum absolute atomic E-state index is 0.179. The largest absolute Gasteiger partial charge is 0.484 e. The summed E-state index contributed by atoms with van der Waals surface area (Å²) >= 11 is 14.2. The number of aliphatic imine (C=N–C) groups is 1. The zero-order valence-corrected chi connectivity index (χ0v) is 20.2. The molecule has 0 aliphatic carbocycles. The maximum atomic E-state index is 14.2. The quantitative estimate of drug-likeness (QED) is 0.412. The van der Waals surface area contributed by atoms with Crippen molar-refractivity contribution in [3.05, 3.63) is 49.6 Å². The molecule has 2 aliphatic rings. The average Bonchev–Trinajstić information content (AvgIpc) is 3.46. The first-order chi connectivity index (χ1) is 15.8. The molecule has 0 saturated carbocycles. The Kier molecular flexibility index (Phi) is 7.19. The third kappa shape index (κ3) is 4.84. The summed E-state index contributed by atoms with van der Waals surface area (Å²) in [7, 11) is 0. The number of ether oxygens (including phenoxy) is 1. The summed E-state index contributed by atoms with van der Waals surface area (Å²) in [6.45, 7) is 6.28. The first-order valence-corrected chi connectivity index (χ1v) is 12.0. The highest BCUT2D eigenvalue weighted by molar-refractivity contribution is 7.13. The Morgan fingerprint density at radius 1 is 1.30 bits per heavy atom. The molecular formula is C23H22Cl2FN3O3S. The SMILES string of the molecule is C=Nc1cc(CN2C(=O)CCC2=O)sc1/C(=C\C)c1cc(Cl)cc(Cl)c1O[C@@H]1CNC[C@@H]1F. The second-order valence-corrected chi connectivity index (χ2v) is 9.74. The third-order valence-corrected chi connectivity index (χ3v) is 7.23. The molecule has 6 nitrogen and oxygen atoms in total. The van der Waals surface area contributed by atoms with Crippen LogP contribution in [0.2, 0.25) is 10.0 Å². The number of carbonyl (C=O) groups is 2. The predicted molar refractivity (Wildman–Crippen MR) is 130 cm³/mol. The van der Waals surface area contributed by atoms with Gasteiger partial charge in [0.2, 0.25) is 11.8 Å². The Morgan fingerprint density at radius 2 is 2.03 bits per heavy atom. The van der Waals surface area contributed by atoms with E-state index in [4.69, 9.17) is 27.9 Å². The van der Waals surface area contributed by atoms with Gasteiger partial charge in [-0.2, -0.15) is 0 Å². The number of imide groups is 1. The molecule has 1 aromatic heterocycles. The van der Waals surface area contributed by atoms with Crippen LogP contribution < -0.4 is 10.1 Å². The normalized spacial score (nSPS) is 21.2. The van der Waals surface area contributed by atoms with Crippen LogP contribution in [0.25, 0.3) is 5.57 Å². The summed E-state index contributed by atoms with van der Waals surface area (Å²) < 4.78 is 20.3. The van der Waals surface area contributed by atoms with Crippen molar-refractivity contribution in [1.82, 2.24) is 10.2 Å². The summed E-state index contributed by atoms with van der Waals surface area (Å²) in [6.07, 6.45) is 0.496. The van der Waals surface area contributed by atoms with Gasteiger partial charge in [-0.25, -0.2) is 4.39 Å². The van der Waals surface area contributed by atoms with Crippen molar-refractivity contribution in [3.8, 4) is 5.75 Å². The van der Waals surface area contributed by atoms with Crippen LogP contribution in [0.3, 0.4) is 0 Å². The summed E-state index contributed by atoms with van der Waals surface area (Å²) in [6, 6.07) is 5.08. The lowest BCUT2D eigenvalue weighted by atomic mass is 10.0. The number of rotatable bonds is 7. The lowest BCUT2D eigenvalue weighted by Gasteiger charge is -2.20. The molecular weight excluding hydrogens is 488 g/mol. The van der Waals surface area contributed by atoms with E-state index in [0.717, 1.165) is 15.3 Å². The lowest BCUT2D eigenvalue weighted by molar-refractivity contribution is -0.138. The molecule has 0 spiro atoms. The van der Waals surface area contributed by atoms with E-state index in [1.54, 1.807) is 18.2 Å². The summed E-state index contributed by atoms with van der Waals surface area (Å²) in [5, 5.41) is 3.64. The molecule has 1 aromatic carbocycles. The summed E-state index contributed by atoms with van der Waals surface area (Å²) in [5.74, 6) is -0.0319. The summed E-state index contributed by atoms with van der Waals surface area (Å²) in [4.78, 5) is 31.1. The number of allylic oxidation sites excluding steroid dienone is 1. The third-order valence-electron chi connectivity index (χ3n) is 5.59. The zero-order chi connectivity index (χ0) is 23.7. The van der Waals surface area contributed by atoms with E-state index >= 15 is 0 Å². The van der Waals surface area contributed by atoms with Crippen LogP contribution in [0.1, 0.15) is 35.1 Å². The second-order valence-electron chi connectivity index (χ2n) is 7.76. The highest BCUT2D eigenvalue weighted by Crippen LogP contribution is 2.45. The van der Waals surface area contributed by atoms with Crippen LogP contribution in [0, 0.1) is 0 Å². The number of likely N-dealkylation sites (tertiary alicyclic amines) is 1. The van der Waals surface area contributed by atoms with E-state index in [1.807, 2.05) is 13.0 Å². The van der Waals surface area contributed by atoms with E-state index in [9.17, 15) is 14.0 Å². The average molecular weight is 510 g/mol. The van der Waals surface area contributed by atoms with Gasteiger partial charge in [-0.05, 0) is 31.8 Å². The second kappa shape index (κ2) is 9.93. The van der Waals surface area contributed by atoms with Crippen molar-refractivity contribution in [2.75, 3.05) is 13.1 Å². The lowest BCUT2D eigenvalue weighted by Crippen LogP contribution is -2.27. The van der Waals surface area contributed by atoms with Gasteiger partial charge in [0.05, 0.1) is 22.1 Å². The van der Waals surface area contributed by atoms with Crippen LogP contribution in [-0.4, -0.2) is 48.8 Å². The Morgan fingerprint density at radius 3 is 2.64 bits per heavy atom. The number of nitrogens with one attached hydrogen (secondary N) is 1. The smallest absolute Gasteiger partial charge is 0.230 e. The van der Waals surface area contributed by atoms with Gasteiger partial charge in [0.1, 0.15) is 11.9 Å². The molecule has 2 aliphatic heterocycles. The molecule has 0 radical (unpaired) electrons. The standard InChI is InChI=1S/C23H22Cl2FN3O3S/c1-3-14(15-6-12(24)7-16(25)22(15)32-19-10-28-9-17(19)26)23-18(27-2)8-13(33-23)11-29-20(30)4-5-21(29)31/h3,6-8,17,19,28H,2,4-5,9-11H2,1H3/b14-3-/t17-,19+/m0/s1. The number of carbonyl (C=O) groups excluding carboxylic acids is 2. The number of alkyl halides is 1. The topological polar surface area (TPSA) is 71.0 Å². The Bertz CT molecular complexity index is 1130. The maximum Gasteiger partial charge on any atom is 0.230 e. The zero-order valence-electron chi connectivity index (χ0n) is 17.9. The van der Waals surface area contributed by atoms with Gasteiger partial charge in [-0.3, -0.25) is 19.5 Å². The van der Waals surface area contributed by atoms with Crippen molar-refractivity contribution in [3.63, 3.8) is 0 Å². The van der Waals surface area contributed by atoms with Gasteiger partial charge in [0.25, 0.3) is 0 Å². The molecule has 3 heterocycles. The van der Waals surface area contributed by atoms with Gasteiger partial charge < -0.3 is 10.1 Å². The number of halogens is 3. The van der Waals surface area contributed by atoms with Gasteiger partial charge in [-0.1, -0.05) is 29.3 Å². The van der Waals surface area contributed by atoms with Crippen molar-refractivity contribution < 1.29 is 18.7 Å². The Balaban J connectivity index is 1.73. The fourth-order valence-corrected chi connectivity index (χ4v) is 5.68. The van der Waals surface area contributed by atoms with Crippen molar-refractivity contribution >= 4 is 64.3 Å². The molecule has 0 unspecified atom stereocenters. The number of nitrogens with zero attached hydrogens (tertiary/aromatic N) is 2. The van der Waals surface area contributed by atoms with Gasteiger partial charge in [0.15, 0.2) is 6.17 Å².